The summed E-state index contributed by atoms with van der Waals surface area (Å²) in [7, 11) is 0. The highest BCUT2D eigenvalue weighted by Crippen LogP contribution is 2.31. The van der Waals surface area contributed by atoms with Crippen molar-refractivity contribution in [1.29, 1.82) is 0 Å². The van der Waals surface area contributed by atoms with E-state index >= 15 is 0 Å². The molecule has 0 radical (unpaired) electrons. The molecule has 1 aliphatic heterocycles. The highest BCUT2D eigenvalue weighted by Gasteiger charge is 2.44. The van der Waals surface area contributed by atoms with Gasteiger partial charge in [-0.15, -0.1) is 4.33 Å². The van der Waals surface area contributed by atoms with E-state index in [0.29, 0.717) is 6.61 Å². The smallest absolute Gasteiger partial charge is 0.415 e. The lowest BCUT2D eigenvalue weighted by atomic mass is 10.1. The van der Waals surface area contributed by atoms with Gasteiger partial charge in [0.15, 0.2) is 6.61 Å². The van der Waals surface area contributed by atoms with Gasteiger partial charge in [-0.1, -0.05) is 5.04 Å². The average Bonchev–Trinajstić information content (AvgIpc) is 2.49. The summed E-state index contributed by atoms with van der Waals surface area (Å²) in [6.45, 7) is -0.418. The van der Waals surface area contributed by atoms with E-state index in [2.05, 4.69) is 14.1 Å². The molecule has 1 heterocycles. The highest BCUT2D eigenvalue weighted by atomic mass is 32.2. The van der Waals surface area contributed by atoms with E-state index in [9.17, 15) is 18.4 Å². The van der Waals surface area contributed by atoms with Crippen LogP contribution >= 0.6 is 12.0 Å². The van der Waals surface area contributed by atoms with Crippen LogP contribution < -0.4 is 0 Å². The molecule has 0 spiro atoms. The molecule has 11 heteroatoms. The second-order valence-corrected chi connectivity index (χ2v) is 4.81. The lowest BCUT2D eigenvalue weighted by molar-refractivity contribution is -0.433. The molecule has 0 amide bonds. The Morgan fingerprint density at radius 1 is 1.33 bits per heavy atom. The van der Waals surface area contributed by atoms with Crippen LogP contribution in [0.4, 0.5) is 8.78 Å². The van der Waals surface area contributed by atoms with Crippen LogP contribution in [0.25, 0.3) is 0 Å². The maximum Gasteiger partial charge on any atom is 0.415 e. The summed E-state index contributed by atoms with van der Waals surface area (Å²) < 4.78 is 43.4. The fraction of sp³-hybridized carbons (Fsp3) is 0.800. The first-order chi connectivity index (χ1) is 9.95. The van der Waals surface area contributed by atoms with E-state index in [0.717, 1.165) is 19.3 Å². The van der Waals surface area contributed by atoms with Crippen molar-refractivity contribution in [1.82, 2.24) is 0 Å². The van der Waals surface area contributed by atoms with E-state index < -0.39 is 35.8 Å². The first-order valence-corrected chi connectivity index (χ1v) is 6.68. The molecule has 0 aliphatic carbocycles. The number of carbonyl (C=O) groups is 2. The summed E-state index contributed by atoms with van der Waals surface area (Å²) in [5.74, 6) is -3.01. The zero-order valence-electron chi connectivity index (χ0n) is 10.8. The van der Waals surface area contributed by atoms with Gasteiger partial charge in [0.2, 0.25) is 0 Å². The summed E-state index contributed by atoms with van der Waals surface area (Å²) in [5, 5.41) is 6.49. The Morgan fingerprint density at radius 2 is 2.10 bits per heavy atom. The Bertz CT molecular complexity index is 348. The van der Waals surface area contributed by atoms with Gasteiger partial charge in [0.1, 0.15) is 18.6 Å². The second kappa shape index (κ2) is 9.10. The van der Waals surface area contributed by atoms with Crippen LogP contribution in [0.1, 0.15) is 19.3 Å². The van der Waals surface area contributed by atoms with Crippen molar-refractivity contribution in [3.8, 4) is 0 Å². The molecule has 1 unspecified atom stereocenters. The van der Waals surface area contributed by atoms with Crippen LogP contribution in [0.3, 0.4) is 0 Å². The van der Waals surface area contributed by atoms with Crippen molar-refractivity contribution in [2.45, 2.75) is 30.6 Å². The first kappa shape index (κ1) is 18.0. The average molecular weight is 332 g/mol. The predicted molar refractivity (Wildman–Crippen MR) is 62.8 cm³/mol. The van der Waals surface area contributed by atoms with Gasteiger partial charge in [-0.3, -0.25) is 0 Å². The third-order valence-electron chi connectivity index (χ3n) is 2.43. The van der Waals surface area contributed by atoms with Crippen molar-refractivity contribution in [2.75, 3.05) is 19.8 Å². The fourth-order valence-electron chi connectivity index (χ4n) is 1.47. The van der Waals surface area contributed by atoms with Crippen LogP contribution in [-0.4, -0.2) is 48.4 Å². The van der Waals surface area contributed by atoms with Crippen LogP contribution in [0.2, 0.25) is 0 Å². The Morgan fingerprint density at radius 3 is 2.71 bits per heavy atom. The zero-order valence-corrected chi connectivity index (χ0v) is 11.6. The Labute approximate surface area is 122 Å². The van der Waals surface area contributed by atoms with Gasteiger partial charge >= 0.3 is 17.2 Å². The fourth-order valence-corrected chi connectivity index (χ4v) is 1.71. The van der Waals surface area contributed by atoms with Crippen molar-refractivity contribution in [2.24, 2.45) is 0 Å². The Balaban J connectivity index is 2.20. The van der Waals surface area contributed by atoms with Gasteiger partial charge in [-0.05, 0) is 19.3 Å². The number of rotatable bonds is 8. The summed E-state index contributed by atoms with van der Waals surface area (Å²) in [4.78, 5) is 22.2. The normalized spacial score (nSPS) is 19.1. The molecule has 1 N–H and O–H groups in total. The number of alkyl halides is 2. The van der Waals surface area contributed by atoms with Gasteiger partial charge in [0.05, 0.1) is 6.10 Å². The molecule has 1 fully saturated rings. The van der Waals surface area contributed by atoms with Crippen molar-refractivity contribution in [3.63, 3.8) is 0 Å². The third-order valence-corrected chi connectivity index (χ3v) is 2.94. The standard InChI is InChI=1S/C10H14F2O8S/c11-10(12,21-20-19-15)9(14)18-6-8(13)17-5-7-3-1-2-4-16-7/h7,15H,1-6H2. The van der Waals surface area contributed by atoms with E-state index in [4.69, 9.17) is 14.7 Å². The van der Waals surface area contributed by atoms with Gasteiger partial charge in [-0.25, -0.2) is 14.8 Å². The Kier molecular flexibility index (Phi) is 7.82. The minimum absolute atomic E-state index is 0.0248. The SMILES string of the molecule is O=C(COC(=O)C(F)(F)SOOO)OCC1CCCCO1. The lowest BCUT2D eigenvalue weighted by Crippen LogP contribution is -2.31. The molecule has 0 aromatic rings. The molecule has 122 valence electrons. The van der Waals surface area contributed by atoms with E-state index in [-0.39, 0.29) is 12.7 Å². The molecule has 21 heavy (non-hydrogen) atoms. The molecular weight excluding hydrogens is 318 g/mol. The number of halogens is 2. The predicted octanol–water partition coefficient (Wildman–Crippen LogP) is 1.30. The lowest BCUT2D eigenvalue weighted by Gasteiger charge is -2.22. The molecule has 0 aromatic carbocycles. The van der Waals surface area contributed by atoms with Crippen molar-refractivity contribution >= 4 is 24.0 Å². The van der Waals surface area contributed by atoms with Crippen LogP contribution in [-0.2, 0) is 33.2 Å². The first-order valence-electron chi connectivity index (χ1n) is 5.94. The molecule has 1 rings (SSSR count). The summed E-state index contributed by atoms with van der Waals surface area (Å²) in [6.07, 6.45) is 2.40. The topological polar surface area (TPSA) is 101 Å². The molecule has 1 atom stereocenters. The van der Waals surface area contributed by atoms with Gasteiger partial charge in [0.25, 0.3) is 0 Å². The van der Waals surface area contributed by atoms with Crippen LogP contribution in [0.15, 0.2) is 0 Å². The Hall–Kier alpha value is -1.01. The van der Waals surface area contributed by atoms with Crippen molar-refractivity contribution in [3.05, 3.63) is 0 Å². The van der Waals surface area contributed by atoms with E-state index in [1.54, 1.807) is 0 Å². The van der Waals surface area contributed by atoms with Crippen molar-refractivity contribution < 1.29 is 47.2 Å². The van der Waals surface area contributed by atoms with Gasteiger partial charge < -0.3 is 14.2 Å². The maximum absolute atomic E-state index is 12.9. The summed E-state index contributed by atoms with van der Waals surface area (Å²) in [5.41, 5.74) is 0. The number of hydrogen-bond acceptors (Lipinski definition) is 9. The van der Waals surface area contributed by atoms with Crippen LogP contribution in [0, 0.1) is 0 Å². The quantitative estimate of drug-likeness (QED) is 0.305. The monoisotopic (exact) mass is 332 g/mol. The molecule has 0 aromatic heterocycles. The number of hydrogen-bond donors (Lipinski definition) is 1. The van der Waals surface area contributed by atoms with E-state index in [1.807, 2.05) is 0 Å². The van der Waals surface area contributed by atoms with E-state index in [1.165, 1.54) is 0 Å². The summed E-state index contributed by atoms with van der Waals surface area (Å²) in [6, 6.07) is 0. The van der Waals surface area contributed by atoms with Gasteiger partial charge in [-0.2, -0.15) is 8.78 Å². The number of esters is 2. The second-order valence-electron chi connectivity index (χ2n) is 3.99. The number of carbonyl (C=O) groups excluding carboxylic acids is 2. The minimum atomic E-state index is -4.14. The molecule has 1 saturated heterocycles. The highest BCUT2D eigenvalue weighted by molar-refractivity contribution is 7.96. The molecule has 0 bridgehead atoms. The molecule has 0 saturated carbocycles. The molecule has 8 nitrogen and oxygen atoms in total. The maximum atomic E-state index is 12.9. The third kappa shape index (κ3) is 7.00. The van der Waals surface area contributed by atoms with Crippen LogP contribution in [0.5, 0.6) is 0 Å². The molecular formula is C10H14F2O8S. The zero-order chi connectivity index (χ0) is 15.7. The largest absolute Gasteiger partial charge is 0.460 e. The minimum Gasteiger partial charge on any atom is -0.460 e. The van der Waals surface area contributed by atoms with Gasteiger partial charge in [0, 0.05) is 6.61 Å². The summed E-state index contributed by atoms with van der Waals surface area (Å²) >= 11 is -0.778. The molecule has 1 aliphatic rings. The number of ether oxygens (including phenoxy) is 3.